The van der Waals surface area contributed by atoms with Crippen molar-refractivity contribution in [1.29, 1.82) is 0 Å². The Morgan fingerprint density at radius 3 is 2.82 bits per heavy atom. The molecule has 0 saturated carbocycles. The number of rotatable bonds is 5. The highest BCUT2D eigenvalue weighted by Gasteiger charge is 2.24. The van der Waals surface area contributed by atoms with Crippen LogP contribution in [0, 0.1) is 6.92 Å². The first kappa shape index (κ1) is 22.4. The molecule has 4 aromatic rings. The van der Waals surface area contributed by atoms with Crippen LogP contribution in [0.15, 0.2) is 24.4 Å². The molecular weight excluding hydrogens is 452 g/mol. The Morgan fingerprint density at radius 1 is 1.26 bits per heavy atom. The molecule has 0 aliphatic carbocycles. The van der Waals surface area contributed by atoms with Gasteiger partial charge in [-0.25, -0.2) is 4.98 Å². The van der Waals surface area contributed by atoms with Crippen molar-refractivity contribution in [3.05, 3.63) is 35.5 Å². The van der Waals surface area contributed by atoms with Crippen molar-refractivity contribution in [3.8, 4) is 10.9 Å². The summed E-state index contributed by atoms with van der Waals surface area (Å²) in [5, 5.41) is 12.4. The summed E-state index contributed by atoms with van der Waals surface area (Å²) in [6.45, 7) is 6.84. The van der Waals surface area contributed by atoms with Crippen LogP contribution < -0.4 is 25.0 Å². The van der Waals surface area contributed by atoms with E-state index in [1.54, 1.807) is 18.9 Å². The number of aromatic nitrogens is 3. The van der Waals surface area contributed by atoms with Gasteiger partial charge in [0, 0.05) is 38.9 Å². The Morgan fingerprint density at radius 2 is 2.09 bits per heavy atom. The van der Waals surface area contributed by atoms with E-state index in [1.807, 2.05) is 38.4 Å². The topological polar surface area (TPSA) is 93.5 Å². The first-order valence-corrected chi connectivity index (χ1v) is 12.0. The molecule has 1 atom stereocenters. The van der Waals surface area contributed by atoms with Gasteiger partial charge in [-0.15, -0.1) is 0 Å². The summed E-state index contributed by atoms with van der Waals surface area (Å²) >= 11 is 1.46. The molecule has 0 radical (unpaired) electrons. The maximum Gasteiger partial charge on any atom is 0.274 e. The minimum atomic E-state index is -0.251. The van der Waals surface area contributed by atoms with E-state index in [4.69, 9.17) is 9.47 Å². The highest BCUT2D eigenvalue weighted by molar-refractivity contribution is 7.21. The normalized spacial score (nSPS) is 16.3. The van der Waals surface area contributed by atoms with Crippen molar-refractivity contribution in [2.75, 3.05) is 44.1 Å². The molecule has 9 nitrogen and oxygen atoms in total. The number of carbonyl (C=O) groups is 1. The van der Waals surface area contributed by atoms with Gasteiger partial charge < -0.3 is 25.0 Å². The zero-order chi connectivity index (χ0) is 24.0. The number of aryl methyl sites for hydroxylation is 2. The molecule has 2 aromatic heterocycles. The van der Waals surface area contributed by atoms with Gasteiger partial charge in [-0.3, -0.25) is 9.48 Å². The molecule has 1 aliphatic rings. The molecule has 0 bridgehead atoms. The Labute approximate surface area is 201 Å². The summed E-state index contributed by atoms with van der Waals surface area (Å²) in [5.41, 5.74) is 4.61. The number of carbonyl (C=O) groups excluding carboxylic acids is 1. The lowest BCUT2D eigenvalue weighted by molar-refractivity contribution is 0.102. The Balaban J connectivity index is 1.55. The molecule has 10 heteroatoms. The summed E-state index contributed by atoms with van der Waals surface area (Å²) in [6, 6.07) is 6.14. The lowest BCUT2D eigenvalue weighted by Crippen LogP contribution is -2.49. The van der Waals surface area contributed by atoms with Gasteiger partial charge in [0.2, 0.25) is 0 Å². The second-order valence-corrected chi connectivity index (χ2v) is 9.55. The maximum absolute atomic E-state index is 13.5. The molecule has 0 spiro atoms. The number of piperazine rings is 1. The Bertz CT molecular complexity index is 1390. The maximum atomic E-state index is 13.5. The monoisotopic (exact) mass is 480 g/mol. The van der Waals surface area contributed by atoms with Crippen molar-refractivity contribution < 1.29 is 14.3 Å². The van der Waals surface area contributed by atoms with E-state index in [-0.39, 0.29) is 5.91 Å². The molecule has 5 rings (SSSR count). The number of hydrogen-bond donors (Lipinski definition) is 2. The third-order valence-electron chi connectivity index (χ3n) is 6.14. The number of benzene rings is 2. The van der Waals surface area contributed by atoms with E-state index in [2.05, 4.69) is 32.5 Å². The smallest absolute Gasteiger partial charge is 0.274 e. The van der Waals surface area contributed by atoms with Crippen molar-refractivity contribution in [2.45, 2.75) is 19.9 Å². The molecule has 3 heterocycles. The molecule has 2 aromatic carbocycles. The van der Waals surface area contributed by atoms with Crippen LogP contribution in [-0.2, 0) is 7.05 Å². The predicted octanol–water partition coefficient (Wildman–Crippen LogP) is 3.56. The van der Waals surface area contributed by atoms with Crippen LogP contribution in [0.3, 0.4) is 0 Å². The van der Waals surface area contributed by atoms with Crippen LogP contribution in [0.25, 0.3) is 21.1 Å². The van der Waals surface area contributed by atoms with Gasteiger partial charge >= 0.3 is 0 Å². The fourth-order valence-electron chi connectivity index (χ4n) is 4.59. The average Bonchev–Trinajstić information content (AvgIpc) is 3.42. The zero-order valence-electron chi connectivity index (χ0n) is 19.9. The number of thiazole rings is 1. The summed E-state index contributed by atoms with van der Waals surface area (Å²) < 4.78 is 13.8. The van der Waals surface area contributed by atoms with Crippen molar-refractivity contribution >= 4 is 49.7 Å². The van der Waals surface area contributed by atoms with Gasteiger partial charge in [0.05, 0.1) is 46.8 Å². The largest absolute Gasteiger partial charge is 0.494 e. The first-order valence-electron chi connectivity index (χ1n) is 11.2. The molecule has 2 N–H and O–H groups in total. The molecule has 1 saturated heterocycles. The van der Waals surface area contributed by atoms with Gasteiger partial charge in [-0.2, -0.15) is 5.10 Å². The zero-order valence-corrected chi connectivity index (χ0v) is 20.7. The second-order valence-electron chi connectivity index (χ2n) is 8.59. The van der Waals surface area contributed by atoms with Crippen LogP contribution in [0.2, 0.25) is 0 Å². The third kappa shape index (κ3) is 3.82. The van der Waals surface area contributed by atoms with Gasteiger partial charge in [0.25, 0.3) is 11.1 Å². The van der Waals surface area contributed by atoms with Gasteiger partial charge in [0.15, 0.2) is 5.75 Å². The van der Waals surface area contributed by atoms with Crippen LogP contribution in [-0.4, -0.2) is 60.6 Å². The molecule has 1 amide bonds. The molecule has 178 valence electrons. The van der Waals surface area contributed by atoms with Crippen molar-refractivity contribution in [3.63, 3.8) is 0 Å². The second kappa shape index (κ2) is 8.77. The molecular formula is C24H28N6O3S. The van der Waals surface area contributed by atoms with E-state index < -0.39 is 0 Å². The van der Waals surface area contributed by atoms with Crippen LogP contribution in [0.4, 0.5) is 11.4 Å². The van der Waals surface area contributed by atoms with Crippen molar-refractivity contribution in [2.24, 2.45) is 7.05 Å². The van der Waals surface area contributed by atoms with E-state index in [0.717, 1.165) is 46.5 Å². The van der Waals surface area contributed by atoms with Crippen LogP contribution in [0.1, 0.15) is 22.8 Å². The Hall–Kier alpha value is -3.37. The fraction of sp³-hybridized carbons (Fsp3) is 0.375. The third-order valence-corrected chi connectivity index (χ3v) is 7.18. The average molecular weight is 481 g/mol. The number of ether oxygens (including phenoxy) is 2. The van der Waals surface area contributed by atoms with Crippen LogP contribution >= 0.6 is 11.3 Å². The number of nitrogens with one attached hydrogen (secondary N) is 2. The van der Waals surface area contributed by atoms with Gasteiger partial charge in [-0.1, -0.05) is 11.3 Å². The lowest BCUT2D eigenvalue weighted by atomic mass is 10.1. The number of nitrogens with zero attached hydrogens (tertiary/aromatic N) is 4. The first-order chi connectivity index (χ1) is 16.4. The summed E-state index contributed by atoms with van der Waals surface area (Å²) in [5.74, 6) is 0.333. The number of amides is 1. The van der Waals surface area contributed by atoms with E-state index in [0.29, 0.717) is 33.8 Å². The van der Waals surface area contributed by atoms with Crippen molar-refractivity contribution in [1.82, 2.24) is 20.1 Å². The number of fused-ring (bicyclic) bond motifs is 2. The van der Waals surface area contributed by atoms with Gasteiger partial charge in [0.1, 0.15) is 5.52 Å². The highest BCUT2D eigenvalue weighted by atomic mass is 32.1. The minimum Gasteiger partial charge on any atom is -0.494 e. The molecule has 1 fully saturated rings. The summed E-state index contributed by atoms with van der Waals surface area (Å²) in [4.78, 5) is 20.5. The van der Waals surface area contributed by atoms with E-state index >= 15 is 0 Å². The predicted molar refractivity (Wildman–Crippen MR) is 136 cm³/mol. The Kier molecular flexibility index (Phi) is 5.78. The number of methoxy groups -OCH3 is 2. The van der Waals surface area contributed by atoms with Gasteiger partial charge in [-0.05, 0) is 37.6 Å². The SMILES string of the molecule is COc1nc2c(C(=O)Nc3cc(C)c4nn(C)cc4c3OC)ccc(N3CCNC(C)C3)c2s1. The van der Waals surface area contributed by atoms with E-state index in [9.17, 15) is 4.79 Å². The minimum absolute atomic E-state index is 0.251. The standard InChI is InChI=1S/C24H28N6O3S/c1-13-10-17(21(32-4)16-12-29(3)28-19(13)16)26-23(31)15-6-7-18(30-9-8-25-14(2)11-30)22-20(15)27-24(33-5)34-22/h6-7,10,12,14,25H,8-9,11H2,1-5H3,(H,26,31). The highest BCUT2D eigenvalue weighted by Crippen LogP contribution is 2.39. The lowest BCUT2D eigenvalue weighted by Gasteiger charge is -2.34. The number of hydrogen-bond acceptors (Lipinski definition) is 8. The summed E-state index contributed by atoms with van der Waals surface area (Å²) in [7, 11) is 5.06. The summed E-state index contributed by atoms with van der Waals surface area (Å²) in [6.07, 6.45) is 1.89. The molecule has 1 aliphatic heterocycles. The quantitative estimate of drug-likeness (QED) is 0.451. The molecule has 1 unspecified atom stereocenters. The van der Waals surface area contributed by atoms with E-state index in [1.165, 1.54) is 11.3 Å². The molecule has 34 heavy (non-hydrogen) atoms. The van der Waals surface area contributed by atoms with Crippen LogP contribution in [0.5, 0.6) is 10.9 Å². The fourth-order valence-corrected chi connectivity index (χ4v) is 5.54. The number of anilines is 2.